The van der Waals surface area contributed by atoms with Crippen molar-refractivity contribution in [3.63, 3.8) is 0 Å². The molecular weight excluding hydrogens is 425 g/mol. The summed E-state index contributed by atoms with van der Waals surface area (Å²) in [4.78, 5) is 15.0. The van der Waals surface area contributed by atoms with Gasteiger partial charge in [0.1, 0.15) is 5.75 Å². The van der Waals surface area contributed by atoms with Crippen LogP contribution >= 0.6 is 0 Å². The second-order valence-corrected chi connectivity index (χ2v) is 7.55. The van der Waals surface area contributed by atoms with Crippen LogP contribution in [0.3, 0.4) is 0 Å². The van der Waals surface area contributed by atoms with Crippen molar-refractivity contribution in [2.24, 2.45) is 0 Å². The van der Waals surface area contributed by atoms with Crippen LogP contribution in [-0.4, -0.2) is 27.2 Å². The molecule has 0 spiro atoms. The largest absolute Gasteiger partial charge is 0.507 e. The van der Waals surface area contributed by atoms with Crippen LogP contribution in [0.5, 0.6) is 11.6 Å². The van der Waals surface area contributed by atoms with E-state index in [1.807, 2.05) is 11.0 Å². The van der Waals surface area contributed by atoms with E-state index in [0.717, 1.165) is 17.2 Å². The summed E-state index contributed by atoms with van der Waals surface area (Å²) in [6.45, 7) is 2.62. The number of halogens is 3. The molecule has 32 heavy (non-hydrogen) atoms. The van der Waals surface area contributed by atoms with E-state index in [2.05, 4.69) is 15.0 Å². The number of pyridine rings is 2. The molecule has 1 aromatic carbocycles. The molecule has 0 aliphatic carbocycles. The summed E-state index contributed by atoms with van der Waals surface area (Å²) in [5.41, 5.74) is 2.67. The highest BCUT2D eigenvalue weighted by Gasteiger charge is 2.32. The van der Waals surface area contributed by atoms with Gasteiger partial charge in [0.2, 0.25) is 11.5 Å². The van der Waals surface area contributed by atoms with Gasteiger partial charge in [0, 0.05) is 30.9 Å². The number of aryl methyl sites for hydroxylation is 1. The number of aromatic hydroxyl groups is 1. The van der Waals surface area contributed by atoms with Gasteiger partial charge in [-0.05, 0) is 47.9 Å². The number of anilines is 1. The highest BCUT2D eigenvalue weighted by Crippen LogP contribution is 2.39. The third-order valence-corrected chi connectivity index (χ3v) is 5.40. The fraction of sp³-hybridized carbons (Fsp3) is 0.227. The molecule has 1 aliphatic heterocycles. The lowest BCUT2D eigenvalue weighted by Crippen LogP contribution is -2.14. The Balaban J connectivity index is 1.48. The predicted molar refractivity (Wildman–Crippen MR) is 109 cm³/mol. The number of aromatic nitrogens is 3. The lowest BCUT2D eigenvalue weighted by Gasteiger charge is -2.13. The SMILES string of the molecule is COc1cc2c(cn1)CN(c1nc3nc(-c4c(C)cc(C(F)(F)F)cc4O)ccc3o1)C2. The number of alkyl halides is 3. The van der Waals surface area contributed by atoms with Crippen LogP contribution in [0.4, 0.5) is 19.2 Å². The van der Waals surface area contributed by atoms with E-state index < -0.39 is 17.5 Å². The Morgan fingerprint density at radius 2 is 1.88 bits per heavy atom. The molecule has 0 bridgehead atoms. The molecule has 7 nitrogen and oxygen atoms in total. The minimum atomic E-state index is -4.55. The Kier molecular flexibility index (Phi) is 4.47. The first kappa shape index (κ1) is 20.1. The van der Waals surface area contributed by atoms with E-state index in [1.165, 1.54) is 6.92 Å². The minimum Gasteiger partial charge on any atom is -0.507 e. The summed E-state index contributed by atoms with van der Waals surface area (Å²) in [6, 6.07) is 7.14. The highest BCUT2D eigenvalue weighted by atomic mass is 19.4. The van der Waals surface area contributed by atoms with Crippen LogP contribution in [0, 0.1) is 6.92 Å². The van der Waals surface area contributed by atoms with Gasteiger partial charge in [-0.2, -0.15) is 18.2 Å². The molecule has 0 radical (unpaired) electrons. The van der Waals surface area contributed by atoms with E-state index in [1.54, 1.807) is 25.4 Å². The third kappa shape index (κ3) is 3.37. The van der Waals surface area contributed by atoms with Gasteiger partial charge in [-0.1, -0.05) is 0 Å². The number of ether oxygens (including phenoxy) is 1. The Bertz CT molecular complexity index is 1330. The molecular formula is C22H17F3N4O3. The molecule has 0 unspecified atom stereocenters. The standard InChI is InChI=1S/C22H17F3N4O3/c1-11-5-14(22(23,24)25)7-16(30)19(11)15-3-4-17-20(27-15)28-21(32-17)29-9-12-6-18(31-2)26-8-13(12)10-29/h3-8,30H,9-10H2,1-2H3. The van der Waals surface area contributed by atoms with Gasteiger partial charge >= 0.3 is 12.2 Å². The molecule has 3 aromatic heterocycles. The van der Waals surface area contributed by atoms with E-state index in [4.69, 9.17) is 9.15 Å². The van der Waals surface area contributed by atoms with E-state index in [-0.39, 0.29) is 11.1 Å². The number of oxazole rings is 1. The number of benzene rings is 1. The maximum atomic E-state index is 13.0. The summed E-state index contributed by atoms with van der Waals surface area (Å²) >= 11 is 0. The lowest BCUT2D eigenvalue weighted by atomic mass is 10.0. The fourth-order valence-corrected chi connectivity index (χ4v) is 3.85. The maximum Gasteiger partial charge on any atom is 0.416 e. The molecule has 1 aliphatic rings. The lowest BCUT2D eigenvalue weighted by molar-refractivity contribution is -0.137. The van der Waals surface area contributed by atoms with E-state index >= 15 is 0 Å². The smallest absolute Gasteiger partial charge is 0.416 e. The van der Waals surface area contributed by atoms with Crippen molar-refractivity contribution >= 4 is 17.2 Å². The van der Waals surface area contributed by atoms with Crippen molar-refractivity contribution in [1.82, 2.24) is 15.0 Å². The summed E-state index contributed by atoms with van der Waals surface area (Å²) < 4.78 is 50.1. The number of nitrogens with zero attached hydrogens (tertiary/aromatic N) is 4. The van der Waals surface area contributed by atoms with Gasteiger partial charge in [0.05, 0.1) is 18.4 Å². The van der Waals surface area contributed by atoms with Crippen molar-refractivity contribution in [1.29, 1.82) is 0 Å². The quantitative estimate of drug-likeness (QED) is 0.486. The first-order valence-corrected chi connectivity index (χ1v) is 9.68. The average Bonchev–Trinajstić information content (AvgIpc) is 3.35. The molecule has 4 heterocycles. The van der Waals surface area contributed by atoms with Crippen LogP contribution in [0.2, 0.25) is 0 Å². The van der Waals surface area contributed by atoms with Gasteiger partial charge in [0.15, 0.2) is 5.58 Å². The summed E-state index contributed by atoms with van der Waals surface area (Å²) in [6.07, 6.45) is -2.80. The number of phenols is 1. The number of phenolic OH excluding ortho intramolecular Hbond substituents is 1. The monoisotopic (exact) mass is 442 g/mol. The molecule has 1 N–H and O–H groups in total. The van der Waals surface area contributed by atoms with Gasteiger partial charge in [-0.3, -0.25) is 0 Å². The molecule has 0 saturated heterocycles. The Labute approximate surface area is 180 Å². The Morgan fingerprint density at radius 3 is 2.59 bits per heavy atom. The molecule has 0 fully saturated rings. The van der Waals surface area contributed by atoms with Crippen molar-refractivity contribution < 1.29 is 27.4 Å². The van der Waals surface area contributed by atoms with Crippen molar-refractivity contribution in [2.75, 3.05) is 12.0 Å². The molecule has 10 heteroatoms. The van der Waals surface area contributed by atoms with Crippen LogP contribution in [0.15, 0.2) is 40.9 Å². The third-order valence-electron chi connectivity index (χ3n) is 5.40. The second kappa shape index (κ2) is 7.11. The Hall–Kier alpha value is -3.82. The molecule has 164 valence electrons. The summed E-state index contributed by atoms with van der Waals surface area (Å²) in [5, 5.41) is 10.3. The molecule has 0 atom stereocenters. The summed E-state index contributed by atoms with van der Waals surface area (Å²) in [5.74, 6) is 0.0329. The second-order valence-electron chi connectivity index (χ2n) is 7.55. The van der Waals surface area contributed by atoms with Gasteiger partial charge in [-0.25, -0.2) is 9.97 Å². The van der Waals surface area contributed by atoms with Crippen LogP contribution in [-0.2, 0) is 19.3 Å². The van der Waals surface area contributed by atoms with Crippen molar-refractivity contribution in [3.8, 4) is 22.9 Å². The van der Waals surface area contributed by atoms with Crippen LogP contribution < -0.4 is 9.64 Å². The van der Waals surface area contributed by atoms with E-state index in [9.17, 15) is 18.3 Å². The number of rotatable bonds is 3. The van der Waals surface area contributed by atoms with E-state index in [0.29, 0.717) is 48.0 Å². The highest BCUT2D eigenvalue weighted by molar-refractivity contribution is 5.78. The minimum absolute atomic E-state index is 0.219. The number of hydrogen-bond acceptors (Lipinski definition) is 7. The first-order chi connectivity index (χ1) is 15.2. The Morgan fingerprint density at radius 1 is 1.09 bits per heavy atom. The zero-order valence-corrected chi connectivity index (χ0v) is 17.1. The van der Waals surface area contributed by atoms with Crippen LogP contribution in [0.1, 0.15) is 22.3 Å². The van der Waals surface area contributed by atoms with Gasteiger partial charge in [0.25, 0.3) is 0 Å². The molecule has 0 saturated carbocycles. The van der Waals surface area contributed by atoms with Gasteiger partial charge < -0.3 is 19.2 Å². The zero-order valence-electron chi connectivity index (χ0n) is 17.1. The van der Waals surface area contributed by atoms with Crippen LogP contribution in [0.25, 0.3) is 22.5 Å². The first-order valence-electron chi connectivity index (χ1n) is 9.68. The van der Waals surface area contributed by atoms with Crippen molar-refractivity contribution in [2.45, 2.75) is 26.2 Å². The normalized spacial score (nSPS) is 13.6. The van der Waals surface area contributed by atoms with Gasteiger partial charge in [-0.15, -0.1) is 0 Å². The van der Waals surface area contributed by atoms with Crippen molar-refractivity contribution in [3.05, 3.63) is 58.8 Å². The number of methoxy groups -OCH3 is 1. The zero-order chi connectivity index (χ0) is 22.6. The topological polar surface area (TPSA) is 84.5 Å². The molecule has 5 rings (SSSR count). The summed E-state index contributed by atoms with van der Waals surface area (Å²) in [7, 11) is 1.56. The number of fused-ring (bicyclic) bond motifs is 2. The maximum absolute atomic E-state index is 13.0. The molecule has 4 aromatic rings. The molecule has 0 amide bonds. The fourth-order valence-electron chi connectivity index (χ4n) is 3.85. The average molecular weight is 442 g/mol. The predicted octanol–water partition coefficient (Wildman–Crippen LogP) is 4.85. The number of hydrogen-bond donors (Lipinski definition) is 1.